The van der Waals surface area contributed by atoms with Gasteiger partial charge in [0.2, 0.25) is 0 Å². The summed E-state index contributed by atoms with van der Waals surface area (Å²) in [6, 6.07) is 12.4. The van der Waals surface area contributed by atoms with E-state index in [2.05, 4.69) is 38.3 Å². The lowest BCUT2D eigenvalue weighted by atomic mass is 9.91. The van der Waals surface area contributed by atoms with Gasteiger partial charge in [0.15, 0.2) is 0 Å². The molecular weight excluding hydrogens is 268 g/mol. The smallest absolute Gasteiger partial charge is 0.0505 e. The van der Waals surface area contributed by atoms with Crippen LogP contribution >= 0.6 is 11.6 Å². The molecule has 0 heterocycles. The fraction of sp³-hybridized carbons (Fsp3) is 0.294. The third-order valence-corrected chi connectivity index (χ3v) is 3.89. The number of rotatable bonds is 4. The van der Waals surface area contributed by atoms with Crippen LogP contribution in [0, 0.1) is 20.8 Å². The van der Waals surface area contributed by atoms with E-state index < -0.39 is 0 Å². The Morgan fingerprint density at radius 3 is 2.10 bits per heavy atom. The van der Waals surface area contributed by atoms with Gasteiger partial charge in [0.1, 0.15) is 0 Å². The van der Waals surface area contributed by atoms with Crippen LogP contribution in [0.2, 0.25) is 5.02 Å². The number of hydrazine groups is 1. The van der Waals surface area contributed by atoms with Crippen LogP contribution in [0.1, 0.15) is 33.9 Å². The molecule has 0 aromatic heterocycles. The van der Waals surface area contributed by atoms with Gasteiger partial charge in [-0.3, -0.25) is 11.3 Å². The zero-order valence-electron chi connectivity index (χ0n) is 12.2. The maximum atomic E-state index is 5.93. The largest absolute Gasteiger partial charge is 0.271 e. The van der Waals surface area contributed by atoms with Gasteiger partial charge in [0.05, 0.1) is 6.04 Å². The molecule has 0 radical (unpaired) electrons. The molecule has 0 spiro atoms. The van der Waals surface area contributed by atoms with Crippen LogP contribution in [0.3, 0.4) is 0 Å². The molecule has 2 nitrogen and oxygen atoms in total. The fourth-order valence-electron chi connectivity index (χ4n) is 2.84. The van der Waals surface area contributed by atoms with Crippen molar-refractivity contribution in [3.63, 3.8) is 0 Å². The normalized spacial score (nSPS) is 12.4. The quantitative estimate of drug-likeness (QED) is 0.659. The van der Waals surface area contributed by atoms with E-state index >= 15 is 0 Å². The van der Waals surface area contributed by atoms with Crippen LogP contribution in [-0.4, -0.2) is 0 Å². The van der Waals surface area contributed by atoms with E-state index in [0.29, 0.717) is 0 Å². The molecule has 0 fully saturated rings. The van der Waals surface area contributed by atoms with Gasteiger partial charge in [-0.15, -0.1) is 0 Å². The van der Waals surface area contributed by atoms with Crippen molar-refractivity contribution in [2.75, 3.05) is 0 Å². The minimum absolute atomic E-state index is 0.108. The lowest BCUT2D eigenvalue weighted by Crippen LogP contribution is -2.30. The van der Waals surface area contributed by atoms with E-state index in [-0.39, 0.29) is 6.04 Å². The number of hydrogen-bond acceptors (Lipinski definition) is 2. The SMILES string of the molecule is Cc1cc(C)c(C(Cc2ccc(Cl)cc2)NN)c(C)c1. The number of halogens is 1. The summed E-state index contributed by atoms with van der Waals surface area (Å²) in [5.41, 5.74) is 9.29. The molecule has 20 heavy (non-hydrogen) atoms. The maximum Gasteiger partial charge on any atom is 0.0505 e. The number of nitrogens with one attached hydrogen (secondary N) is 1. The van der Waals surface area contributed by atoms with Crippen molar-refractivity contribution in [3.05, 3.63) is 69.2 Å². The third kappa shape index (κ3) is 3.40. The Kier molecular flexibility index (Phi) is 4.81. The Balaban J connectivity index is 2.31. The van der Waals surface area contributed by atoms with E-state index in [4.69, 9.17) is 17.4 Å². The average Bonchev–Trinajstić information content (AvgIpc) is 2.38. The summed E-state index contributed by atoms with van der Waals surface area (Å²) in [6.07, 6.45) is 0.846. The minimum atomic E-state index is 0.108. The van der Waals surface area contributed by atoms with Gasteiger partial charge < -0.3 is 0 Å². The molecule has 3 N–H and O–H groups in total. The summed E-state index contributed by atoms with van der Waals surface area (Å²) in [4.78, 5) is 0. The molecule has 0 aliphatic rings. The van der Waals surface area contributed by atoms with Gasteiger partial charge in [0.25, 0.3) is 0 Å². The van der Waals surface area contributed by atoms with Gasteiger partial charge in [-0.1, -0.05) is 41.4 Å². The minimum Gasteiger partial charge on any atom is -0.271 e. The summed E-state index contributed by atoms with van der Waals surface area (Å²) >= 11 is 5.93. The van der Waals surface area contributed by atoms with Crippen molar-refractivity contribution in [3.8, 4) is 0 Å². The molecule has 2 rings (SSSR count). The van der Waals surface area contributed by atoms with E-state index in [0.717, 1.165) is 11.4 Å². The van der Waals surface area contributed by atoms with Crippen LogP contribution in [0.4, 0.5) is 0 Å². The Labute approximate surface area is 125 Å². The van der Waals surface area contributed by atoms with Gasteiger partial charge in [0, 0.05) is 5.02 Å². The zero-order chi connectivity index (χ0) is 14.7. The molecule has 0 saturated carbocycles. The second-order valence-electron chi connectivity index (χ2n) is 5.36. The zero-order valence-corrected chi connectivity index (χ0v) is 13.0. The number of aryl methyl sites for hydroxylation is 3. The molecule has 2 aromatic rings. The first-order chi connectivity index (χ1) is 9.51. The number of hydrogen-bond donors (Lipinski definition) is 2. The van der Waals surface area contributed by atoms with Crippen molar-refractivity contribution in [1.29, 1.82) is 0 Å². The highest BCUT2D eigenvalue weighted by Crippen LogP contribution is 2.26. The lowest BCUT2D eigenvalue weighted by Gasteiger charge is -2.21. The van der Waals surface area contributed by atoms with Crippen molar-refractivity contribution < 1.29 is 0 Å². The lowest BCUT2D eigenvalue weighted by molar-refractivity contribution is 0.546. The second-order valence-corrected chi connectivity index (χ2v) is 5.80. The van der Waals surface area contributed by atoms with Crippen LogP contribution in [0.15, 0.2) is 36.4 Å². The van der Waals surface area contributed by atoms with E-state index in [1.54, 1.807) is 0 Å². The van der Waals surface area contributed by atoms with E-state index in [9.17, 15) is 0 Å². The first-order valence-corrected chi connectivity index (χ1v) is 7.17. The van der Waals surface area contributed by atoms with Gasteiger partial charge in [-0.2, -0.15) is 0 Å². The van der Waals surface area contributed by atoms with Crippen molar-refractivity contribution in [2.24, 2.45) is 5.84 Å². The van der Waals surface area contributed by atoms with Crippen molar-refractivity contribution >= 4 is 11.6 Å². The molecule has 0 bridgehead atoms. The Morgan fingerprint density at radius 1 is 1.05 bits per heavy atom. The van der Waals surface area contributed by atoms with Crippen LogP contribution in [0.25, 0.3) is 0 Å². The highest BCUT2D eigenvalue weighted by Gasteiger charge is 2.15. The van der Waals surface area contributed by atoms with Crippen LogP contribution in [-0.2, 0) is 6.42 Å². The summed E-state index contributed by atoms with van der Waals surface area (Å²) < 4.78 is 0. The fourth-order valence-corrected chi connectivity index (χ4v) is 2.97. The summed E-state index contributed by atoms with van der Waals surface area (Å²) in [7, 11) is 0. The van der Waals surface area contributed by atoms with E-state index in [1.165, 1.54) is 27.8 Å². The average molecular weight is 289 g/mol. The molecule has 0 saturated heterocycles. The molecule has 106 valence electrons. The number of benzene rings is 2. The van der Waals surface area contributed by atoms with Crippen molar-refractivity contribution in [1.82, 2.24) is 5.43 Å². The summed E-state index contributed by atoms with van der Waals surface area (Å²) in [5.74, 6) is 5.78. The molecular formula is C17H21ClN2. The van der Waals surface area contributed by atoms with E-state index in [1.807, 2.05) is 24.3 Å². The van der Waals surface area contributed by atoms with Crippen LogP contribution in [0.5, 0.6) is 0 Å². The Morgan fingerprint density at radius 2 is 1.60 bits per heavy atom. The molecule has 1 unspecified atom stereocenters. The topological polar surface area (TPSA) is 38.0 Å². The van der Waals surface area contributed by atoms with Crippen LogP contribution < -0.4 is 11.3 Å². The highest BCUT2D eigenvalue weighted by atomic mass is 35.5. The molecule has 1 atom stereocenters. The summed E-state index contributed by atoms with van der Waals surface area (Å²) in [6.45, 7) is 6.40. The predicted molar refractivity (Wildman–Crippen MR) is 85.9 cm³/mol. The molecule has 0 aliphatic carbocycles. The first-order valence-electron chi connectivity index (χ1n) is 6.79. The molecule has 0 aliphatic heterocycles. The predicted octanol–water partition coefficient (Wildman–Crippen LogP) is 4.01. The Hall–Kier alpha value is -1.35. The Bertz CT molecular complexity index is 567. The second kappa shape index (κ2) is 6.40. The van der Waals surface area contributed by atoms with Crippen molar-refractivity contribution in [2.45, 2.75) is 33.2 Å². The summed E-state index contributed by atoms with van der Waals surface area (Å²) in [5, 5.41) is 0.758. The maximum absolute atomic E-state index is 5.93. The van der Waals surface area contributed by atoms with Gasteiger partial charge >= 0.3 is 0 Å². The van der Waals surface area contributed by atoms with Gasteiger partial charge in [-0.05, 0) is 61.6 Å². The standard InChI is InChI=1S/C17H21ClN2/c1-11-8-12(2)17(13(3)9-11)16(20-19)10-14-4-6-15(18)7-5-14/h4-9,16,20H,10,19H2,1-3H3. The third-order valence-electron chi connectivity index (χ3n) is 3.64. The molecule has 2 aromatic carbocycles. The van der Waals surface area contributed by atoms with Gasteiger partial charge in [-0.25, -0.2) is 0 Å². The highest BCUT2D eigenvalue weighted by molar-refractivity contribution is 6.30. The number of nitrogens with two attached hydrogens (primary N) is 1. The molecule has 0 amide bonds. The first kappa shape index (κ1) is 15.0. The molecule has 3 heteroatoms. The monoisotopic (exact) mass is 288 g/mol.